The number of phenolic OH excluding ortho intramolecular Hbond substituents is 1. The lowest BCUT2D eigenvalue weighted by Gasteiger charge is -2.13. The van der Waals surface area contributed by atoms with Crippen LogP contribution in [0.2, 0.25) is 0 Å². The molecule has 0 saturated carbocycles. The van der Waals surface area contributed by atoms with Gasteiger partial charge >= 0.3 is 5.97 Å². The fraction of sp³-hybridized carbons (Fsp3) is 0.0526. The SMILES string of the molecule is O=C(CN1C(=O)SC(=Cc2ccccc2F)C1=O)Nc1ccc(O)cc1C(=O)O. The molecule has 1 aliphatic rings. The summed E-state index contributed by atoms with van der Waals surface area (Å²) in [6, 6.07) is 9.02. The van der Waals surface area contributed by atoms with Gasteiger partial charge < -0.3 is 15.5 Å². The Hall–Kier alpha value is -3.66. The molecule has 8 nitrogen and oxygen atoms in total. The predicted molar refractivity (Wildman–Crippen MR) is 103 cm³/mol. The number of hydrogen-bond donors (Lipinski definition) is 3. The topological polar surface area (TPSA) is 124 Å². The highest BCUT2D eigenvalue weighted by Crippen LogP contribution is 2.32. The van der Waals surface area contributed by atoms with Crippen molar-refractivity contribution in [1.82, 2.24) is 4.90 Å². The maximum Gasteiger partial charge on any atom is 0.337 e. The van der Waals surface area contributed by atoms with Crippen molar-refractivity contribution in [2.75, 3.05) is 11.9 Å². The van der Waals surface area contributed by atoms with E-state index in [1.54, 1.807) is 6.07 Å². The minimum absolute atomic E-state index is 0.0382. The molecule has 3 N–H and O–H groups in total. The maximum absolute atomic E-state index is 13.8. The Balaban J connectivity index is 1.75. The number of anilines is 1. The monoisotopic (exact) mass is 416 g/mol. The van der Waals surface area contributed by atoms with Gasteiger partial charge in [0.15, 0.2) is 0 Å². The van der Waals surface area contributed by atoms with E-state index < -0.39 is 35.4 Å². The molecule has 0 spiro atoms. The number of carbonyl (C=O) groups is 4. The highest BCUT2D eigenvalue weighted by molar-refractivity contribution is 8.18. The first-order valence-corrected chi connectivity index (χ1v) is 8.94. The number of aromatic hydroxyl groups is 1. The third-order valence-corrected chi connectivity index (χ3v) is 4.78. The number of halogens is 1. The molecule has 10 heteroatoms. The molecular weight excluding hydrogens is 403 g/mol. The normalized spacial score (nSPS) is 15.1. The molecule has 1 saturated heterocycles. The summed E-state index contributed by atoms with van der Waals surface area (Å²) >= 11 is 0.568. The predicted octanol–water partition coefficient (Wildman–Crippen LogP) is 2.90. The van der Waals surface area contributed by atoms with Crippen LogP contribution in [-0.4, -0.2) is 44.7 Å². The zero-order chi connectivity index (χ0) is 21.1. The Kier molecular flexibility index (Phi) is 5.64. The second kappa shape index (κ2) is 8.15. The Morgan fingerprint density at radius 2 is 1.90 bits per heavy atom. The average Bonchev–Trinajstić information content (AvgIpc) is 2.92. The van der Waals surface area contributed by atoms with E-state index in [4.69, 9.17) is 5.11 Å². The maximum atomic E-state index is 13.8. The second-order valence-electron chi connectivity index (χ2n) is 5.87. The molecule has 0 aromatic heterocycles. The average molecular weight is 416 g/mol. The molecule has 0 radical (unpaired) electrons. The van der Waals surface area contributed by atoms with Gasteiger partial charge in [0.05, 0.1) is 16.2 Å². The van der Waals surface area contributed by atoms with Crippen molar-refractivity contribution in [2.24, 2.45) is 0 Å². The highest BCUT2D eigenvalue weighted by Gasteiger charge is 2.36. The lowest BCUT2D eigenvalue weighted by Crippen LogP contribution is -2.36. The van der Waals surface area contributed by atoms with Crippen LogP contribution in [0.1, 0.15) is 15.9 Å². The largest absolute Gasteiger partial charge is 0.508 e. The van der Waals surface area contributed by atoms with Crippen LogP contribution in [0, 0.1) is 5.82 Å². The smallest absolute Gasteiger partial charge is 0.337 e. The highest BCUT2D eigenvalue weighted by atomic mass is 32.2. The molecule has 29 heavy (non-hydrogen) atoms. The van der Waals surface area contributed by atoms with Crippen LogP contribution in [0.5, 0.6) is 5.75 Å². The quantitative estimate of drug-likeness (QED) is 0.506. The third kappa shape index (κ3) is 4.43. The summed E-state index contributed by atoms with van der Waals surface area (Å²) in [5.41, 5.74) is -0.334. The molecule has 3 amide bonds. The van der Waals surface area contributed by atoms with Crippen LogP contribution in [0.3, 0.4) is 0 Å². The van der Waals surface area contributed by atoms with E-state index in [1.165, 1.54) is 36.4 Å². The van der Waals surface area contributed by atoms with Crippen molar-refractivity contribution in [1.29, 1.82) is 0 Å². The van der Waals surface area contributed by atoms with E-state index in [1.807, 2.05) is 0 Å². The number of carbonyl (C=O) groups excluding carboxylic acids is 3. The molecule has 2 aromatic rings. The summed E-state index contributed by atoms with van der Waals surface area (Å²) in [4.78, 5) is 48.6. The van der Waals surface area contributed by atoms with Gasteiger partial charge in [0.2, 0.25) is 5.91 Å². The molecule has 0 bridgehead atoms. The Morgan fingerprint density at radius 1 is 1.17 bits per heavy atom. The zero-order valence-electron chi connectivity index (χ0n) is 14.6. The number of rotatable bonds is 5. The molecule has 148 valence electrons. The number of carboxylic acids is 1. The number of carboxylic acid groups (broad SMARTS) is 1. The molecule has 3 rings (SSSR count). The molecule has 2 aromatic carbocycles. The molecule has 0 unspecified atom stereocenters. The Morgan fingerprint density at radius 3 is 2.59 bits per heavy atom. The number of benzene rings is 2. The van der Waals surface area contributed by atoms with Gasteiger partial charge in [-0.05, 0) is 42.1 Å². The Labute approximate surface area is 167 Å². The van der Waals surface area contributed by atoms with E-state index in [0.29, 0.717) is 16.7 Å². The van der Waals surface area contributed by atoms with Crippen molar-refractivity contribution in [3.05, 3.63) is 64.3 Å². The van der Waals surface area contributed by atoms with Gasteiger partial charge in [-0.2, -0.15) is 0 Å². The molecular formula is C19H13FN2O6S. The van der Waals surface area contributed by atoms with Gasteiger partial charge in [0, 0.05) is 5.56 Å². The van der Waals surface area contributed by atoms with E-state index in [-0.39, 0.29) is 27.5 Å². The van der Waals surface area contributed by atoms with Crippen molar-refractivity contribution in [2.45, 2.75) is 0 Å². The van der Waals surface area contributed by atoms with E-state index in [0.717, 1.165) is 6.07 Å². The van der Waals surface area contributed by atoms with Gasteiger partial charge in [-0.3, -0.25) is 19.3 Å². The molecule has 1 heterocycles. The number of phenols is 1. The van der Waals surface area contributed by atoms with Gasteiger partial charge in [0.1, 0.15) is 18.1 Å². The molecule has 1 fully saturated rings. The first-order valence-electron chi connectivity index (χ1n) is 8.12. The summed E-state index contributed by atoms with van der Waals surface area (Å²) in [5, 5.41) is 20.1. The number of thioether (sulfide) groups is 1. The number of nitrogens with one attached hydrogen (secondary N) is 1. The number of aromatic carboxylic acids is 1. The lowest BCUT2D eigenvalue weighted by atomic mass is 10.1. The van der Waals surface area contributed by atoms with Crippen molar-refractivity contribution < 1.29 is 33.8 Å². The molecule has 0 atom stereocenters. The van der Waals surface area contributed by atoms with Gasteiger partial charge in [0.25, 0.3) is 11.1 Å². The third-order valence-electron chi connectivity index (χ3n) is 3.87. The van der Waals surface area contributed by atoms with Crippen LogP contribution in [0.4, 0.5) is 14.9 Å². The minimum Gasteiger partial charge on any atom is -0.508 e. The van der Waals surface area contributed by atoms with Crippen molar-refractivity contribution >= 4 is 46.5 Å². The summed E-state index contributed by atoms with van der Waals surface area (Å²) in [5.74, 6) is -3.82. The van der Waals surface area contributed by atoms with Crippen LogP contribution in [0.25, 0.3) is 6.08 Å². The fourth-order valence-corrected chi connectivity index (χ4v) is 3.35. The van der Waals surface area contributed by atoms with E-state index in [9.17, 15) is 28.7 Å². The number of imide groups is 1. The second-order valence-corrected chi connectivity index (χ2v) is 6.87. The molecule has 1 aliphatic heterocycles. The van der Waals surface area contributed by atoms with Gasteiger partial charge in [-0.1, -0.05) is 18.2 Å². The van der Waals surface area contributed by atoms with E-state index in [2.05, 4.69) is 5.32 Å². The van der Waals surface area contributed by atoms with Gasteiger partial charge in [-0.25, -0.2) is 9.18 Å². The number of nitrogens with zero attached hydrogens (tertiary/aromatic N) is 1. The van der Waals surface area contributed by atoms with Crippen LogP contribution in [-0.2, 0) is 9.59 Å². The van der Waals surface area contributed by atoms with Crippen LogP contribution >= 0.6 is 11.8 Å². The lowest BCUT2D eigenvalue weighted by molar-refractivity contribution is -0.127. The first kappa shape index (κ1) is 20.1. The summed E-state index contributed by atoms with van der Waals surface area (Å²) in [6.07, 6.45) is 1.22. The number of hydrogen-bond acceptors (Lipinski definition) is 6. The Bertz CT molecular complexity index is 1070. The van der Waals surface area contributed by atoms with Crippen molar-refractivity contribution in [3.63, 3.8) is 0 Å². The van der Waals surface area contributed by atoms with Crippen LogP contribution < -0.4 is 5.32 Å². The molecule has 0 aliphatic carbocycles. The minimum atomic E-state index is -1.38. The zero-order valence-corrected chi connectivity index (χ0v) is 15.4. The summed E-state index contributed by atoms with van der Waals surface area (Å²) in [7, 11) is 0. The summed E-state index contributed by atoms with van der Waals surface area (Å²) in [6.45, 7) is -0.654. The van der Waals surface area contributed by atoms with Gasteiger partial charge in [-0.15, -0.1) is 0 Å². The number of amides is 3. The fourth-order valence-electron chi connectivity index (χ4n) is 2.52. The van der Waals surface area contributed by atoms with Crippen LogP contribution in [0.15, 0.2) is 47.4 Å². The van der Waals surface area contributed by atoms with Crippen molar-refractivity contribution in [3.8, 4) is 5.75 Å². The first-order chi connectivity index (χ1) is 13.8. The standard InChI is InChI=1S/C19H13FN2O6S/c20-13-4-2-1-3-10(13)7-15-17(25)22(19(28)29-15)9-16(24)21-14-6-5-11(23)8-12(14)18(26)27/h1-8,23H,9H2,(H,21,24)(H,26,27). The van der Waals surface area contributed by atoms with E-state index >= 15 is 0 Å². The summed E-state index contributed by atoms with van der Waals surface area (Å²) < 4.78 is 13.8.